The van der Waals surface area contributed by atoms with E-state index in [2.05, 4.69) is 0 Å². The van der Waals surface area contributed by atoms with Crippen LogP contribution in [-0.4, -0.2) is 19.3 Å². The highest BCUT2D eigenvalue weighted by molar-refractivity contribution is 5.45. The third kappa shape index (κ3) is 2.98. The first-order valence-electron chi connectivity index (χ1n) is 5.90. The molecule has 19 heavy (non-hydrogen) atoms. The van der Waals surface area contributed by atoms with E-state index in [1.54, 1.807) is 56.7 Å². The molecule has 0 aromatic heterocycles. The molecule has 0 amide bonds. The largest absolute Gasteiger partial charge is 0.497 e. The molecule has 2 rings (SSSR count). The molecule has 2 aromatic carbocycles. The van der Waals surface area contributed by atoms with Gasteiger partial charge in [-0.15, -0.1) is 0 Å². The molecule has 0 bridgehead atoms. The number of nitrogens with two attached hydrogens (primary N) is 1. The summed E-state index contributed by atoms with van der Waals surface area (Å²) >= 11 is 0. The second-order valence-electron chi connectivity index (χ2n) is 4.22. The first-order chi connectivity index (χ1) is 9.13. The SMILES string of the molecule is COc1cc(OC)cc(C(O)c2ccc(N)cc2)c1. The fourth-order valence-electron chi connectivity index (χ4n) is 1.86. The first-order valence-corrected chi connectivity index (χ1v) is 5.90. The number of rotatable bonds is 4. The monoisotopic (exact) mass is 259 g/mol. The quantitative estimate of drug-likeness (QED) is 0.827. The van der Waals surface area contributed by atoms with E-state index >= 15 is 0 Å². The van der Waals surface area contributed by atoms with Crippen molar-refractivity contribution in [1.29, 1.82) is 0 Å². The van der Waals surface area contributed by atoms with Crippen LogP contribution in [0.4, 0.5) is 5.69 Å². The van der Waals surface area contributed by atoms with Crippen LogP contribution in [0.15, 0.2) is 42.5 Å². The van der Waals surface area contributed by atoms with E-state index in [1.807, 2.05) is 0 Å². The van der Waals surface area contributed by atoms with Gasteiger partial charge in [0.05, 0.1) is 14.2 Å². The second kappa shape index (κ2) is 5.63. The van der Waals surface area contributed by atoms with Gasteiger partial charge in [0.25, 0.3) is 0 Å². The molecule has 4 nitrogen and oxygen atoms in total. The van der Waals surface area contributed by atoms with Gasteiger partial charge in [-0.05, 0) is 35.4 Å². The van der Waals surface area contributed by atoms with Crippen LogP contribution < -0.4 is 15.2 Å². The summed E-state index contributed by atoms with van der Waals surface area (Å²) in [6.45, 7) is 0. The molecule has 0 fully saturated rings. The molecule has 0 spiro atoms. The van der Waals surface area contributed by atoms with Crippen LogP contribution in [-0.2, 0) is 0 Å². The lowest BCUT2D eigenvalue weighted by Gasteiger charge is -2.14. The Kier molecular flexibility index (Phi) is 3.92. The molecular formula is C15H17NO3. The van der Waals surface area contributed by atoms with Crippen molar-refractivity contribution >= 4 is 5.69 Å². The molecule has 2 aromatic rings. The zero-order valence-electron chi connectivity index (χ0n) is 11.0. The Morgan fingerprint density at radius 2 is 1.42 bits per heavy atom. The number of aliphatic hydroxyl groups excluding tert-OH is 1. The third-order valence-electron chi connectivity index (χ3n) is 2.94. The Bertz CT molecular complexity index is 530. The van der Waals surface area contributed by atoms with Gasteiger partial charge in [-0.3, -0.25) is 0 Å². The molecule has 0 saturated heterocycles. The summed E-state index contributed by atoms with van der Waals surface area (Å²) in [7, 11) is 3.16. The summed E-state index contributed by atoms with van der Waals surface area (Å²) in [5.41, 5.74) is 7.78. The number of hydrogen-bond acceptors (Lipinski definition) is 4. The third-order valence-corrected chi connectivity index (χ3v) is 2.94. The van der Waals surface area contributed by atoms with Gasteiger partial charge in [0.2, 0.25) is 0 Å². The van der Waals surface area contributed by atoms with Crippen molar-refractivity contribution < 1.29 is 14.6 Å². The minimum Gasteiger partial charge on any atom is -0.497 e. The van der Waals surface area contributed by atoms with Crippen LogP contribution in [0, 0.1) is 0 Å². The molecule has 0 saturated carbocycles. The Balaban J connectivity index is 2.37. The maximum atomic E-state index is 10.4. The van der Waals surface area contributed by atoms with Crippen molar-refractivity contribution in [3.8, 4) is 11.5 Å². The summed E-state index contributed by atoms with van der Waals surface area (Å²) in [5, 5.41) is 10.4. The molecule has 0 aliphatic rings. The number of anilines is 1. The average molecular weight is 259 g/mol. The number of methoxy groups -OCH3 is 2. The van der Waals surface area contributed by atoms with E-state index in [1.165, 1.54) is 0 Å². The lowest BCUT2D eigenvalue weighted by Crippen LogP contribution is -2.01. The van der Waals surface area contributed by atoms with Crippen LogP contribution in [0.3, 0.4) is 0 Å². The van der Waals surface area contributed by atoms with E-state index in [9.17, 15) is 5.11 Å². The second-order valence-corrected chi connectivity index (χ2v) is 4.22. The molecule has 0 aliphatic carbocycles. The minimum absolute atomic E-state index is 0.642. The average Bonchev–Trinajstić information content (AvgIpc) is 2.46. The summed E-state index contributed by atoms with van der Waals surface area (Å²) in [5.74, 6) is 1.28. The first kappa shape index (κ1) is 13.2. The standard InChI is InChI=1S/C15H17NO3/c1-18-13-7-11(8-14(9-13)19-2)15(17)10-3-5-12(16)6-4-10/h3-9,15,17H,16H2,1-2H3. The predicted molar refractivity (Wildman–Crippen MR) is 74.5 cm³/mol. The van der Waals surface area contributed by atoms with Crippen molar-refractivity contribution in [3.05, 3.63) is 53.6 Å². The van der Waals surface area contributed by atoms with Gasteiger partial charge in [-0.2, -0.15) is 0 Å². The van der Waals surface area contributed by atoms with Crippen LogP contribution in [0.25, 0.3) is 0 Å². The fourth-order valence-corrected chi connectivity index (χ4v) is 1.86. The molecule has 3 N–H and O–H groups in total. The lowest BCUT2D eigenvalue weighted by atomic mass is 10.0. The topological polar surface area (TPSA) is 64.7 Å². The van der Waals surface area contributed by atoms with Crippen LogP contribution in [0.1, 0.15) is 17.2 Å². The van der Waals surface area contributed by atoms with Crippen molar-refractivity contribution in [3.63, 3.8) is 0 Å². The van der Waals surface area contributed by atoms with E-state index in [0.717, 1.165) is 5.56 Å². The normalized spacial score (nSPS) is 11.9. The summed E-state index contributed by atoms with van der Waals surface area (Å²) in [6.07, 6.45) is -0.746. The van der Waals surface area contributed by atoms with E-state index in [0.29, 0.717) is 22.7 Å². The van der Waals surface area contributed by atoms with E-state index < -0.39 is 6.10 Å². The Hall–Kier alpha value is -2.20. The van der Waals surface area contributed by atoms with Gasteiger partial charge >= 0.3 is 0 Å². The molecule has 4 heteroatoms. The van der Waals surface area contributed by atoms with E-state index in [-0.39, 0.29) is 0 Å². The van der Waals surface area contributed by atoms with Gasteiger partial charge in [0.15, 0.2) is 0 Å². The summed E-state index contributed by atoms with van der Waals surface area (Å²) < 4.78 is 10.4. The predicted octanol–water partition coefficient (Wildman–Crippen LogP) is 2.37. The fraction of sp³-hybridized carbons (Fsp3) is 0.200. The van der Waals surface area contributed by atoms with Gasteiger partial charge in [0.1, 0.15) is 17.6 Å². The van der Waals surface area contributed by atoms with Crippen LogP contribution in [0.5, 0.6) is 11.5 Å². The Morgan fingerprint density at radius 1 is 0.895 bits per heavy atom. The summed E-state index contributed by atoms with van der Waals surface area (Å²) in [6, 6.07) is 12.4. The zero-order chi connectivity index (χ0) is 13.8. The number of nitrogen functional groups attached to an aromatic ring is 1. The van der Waals surface area contributed by atoms with Gasteiger partial charge < -0.3 is 20.3 Å². The van der Waals surface area contributed by atoms with Crippen molar-refractivity contribution in [2.75, 3.05) is 20.0 Å². The van der Waals surface area contributed by atoms with Gasteiger partial charge in [-0.25, -0.2) is 0 Å². The molecular weight excluding hydrogens is 242 g/mol. The Morgan fingerprint density at radius 3 is 1.89 bits per heavy atom. The highest BCUT2D eigenvalue weighted by Gasteiger charge is 2.13. The van der Waals surface area contributed by atoms with Crippen LogP contribution >= 0.6 is 0 Å². The van der Waals surface area contributed by atoms with Crippen LogP contribution in [0.2, 0.25) is 0 Å². The van der Waals surface area contributed by atoms with Crippen molar-refractivity contribution in [2.45, 2.75) is 6.10 Å². The summed E-state index contributed by atoms with van der Waals surface area (Å²) in [4.78, 5) is 0. The molecule has 1 atom stereocenters. The maximum Gasteiger partial charge on any atom is 0.122 e. The van der Waals surface area contributed by atoms with Gasteiger partial charge in [-0.1, -0.05) is 12.1 Å². The molecule has 0 radical (unpaired) electrons. The molecule has 0 heterocycles. The molecule has 1 unspecified atom stereocenters. The number of benzene rings is 2. The van der Waals surface area contributed by atoms with Crippen molar-refractivity contribution in [2.24, 2.45) is 0 Å². The minimum atomic E-state index is -0.746. The van der Waals surface area contributed by atoms with E-state index in [4.69, 9.17) is 15.2 Å². The molecule has 0 aliphatic heterocycles. The highest BCUT2D eigenvalue weighted by Crippen LogP contribution is 2.30. The van der Waals surface area contributed by atoms with Crippen molar-refractivity contribution in [1.82, 2.24) is 0 Å². The zero-order valence-corrected chi connectivity index (χ0v) is 11.0. The highest BCUT2D eigenvalue weighted by atomic mass is 16.5. The number of ether oxygens (including phenoxy) is 2. The molecule has 100 valence electrons. The van der Waals surface area contributed by atoms with Gasteiger partial charge in [0, 0.05) is 11.8 Å². The number of aliphatic hydroxyl groups is 1. The lowest BCUT2D eigenvalue weighted by molar-refractivity contribution is 0.219. The smallest absolute Gasteiger partial charge is 0.122 e. The number of hydrogen-bond donors (Lipinski definition) is 2. The Labute approximate surface area is 112 Å². The maximum absolute atomic E-state index is 10.4.